The Balaban J connectivity index is 1.43. The number of hydrogen-bond donors (Lipinski definition) is 0. The molecule has 1 atom stereocenters. The van der Waals surface area contributed by atoms with Crippen LogP contribution in [0.15, 0.2) is 60.7 Å². The number of methoxy groups -OCH3 is 1. The Morgan fingerprint density at radius 2 is 1.72 bits per heavy atom. The van der Waals surface area contributed by atoms with Crippen molar-refractivity contribution in [2.45, 2.75) is 18.3 Å². The molecule has 7 nitrogen and oxygen atoms in total. The highest BCUT2D eigenvalue weighted by atomic mass is 19.1. The lowest BCUT2D eigenvalue weighted by Gasteiger charge is -2.36. The fraction of sp³-hybridized carbons (Fsp3) is 0.393. The van der Waals surface area contributed by atoms with Crippen LogP contribution in [0.25, 0.3) is 6.08 Å². The van der Waals surface area contributed by atoms with Crippen molar-refractivity contribution in [2.24, 2.45) is 0 Å². The van der Waals surface area contributed by atoms with Gasteiger partial charge in [0.15, 0.2) is 0 Å². The van der Waals surface area contributed by atoms with Gasteiger partial charge in [-0.1, -0.05) is 60.7 Å². The molecule has 0 spiro atoms. The van der Waals surface area contributed by atoms with Gasteiger partial charge in [-0.05, 0) is 11.6 Å². The predicted molar refractivity (Wildman–Crippen MR) is 134 cm³/mol. The minimum absolute atomic E-state index is 0.0771. The van der Waals surface area contributed by atoms with Crippen molar-refractivity contribution >= 4 is 23.8 Å². The van der Waals surface area contributed by atoms with Crippen LogP contribution in [0.5, 0.6) is 0 Å². The van der Waals surface area contributed by atoms with Crippen LogP contribution in [0, 0.1) is 5.82 Å². The lowest BCUT2D eigenvalue weighted by Crippen LogP contribution is -2.51. The van der Waals surface area contributed by atoms with E-state index >= 15 is 0 Å². The van der Waals surface area contributed by atoms with Crippen molar-refractivity contribution < 1.29 is 23.5 Å². The van der Waals surface area contributed by atoms with Gasteiger partial charge in [-0.2, -0.15) is 0 Å². The Labute approximate surface area is 211 Å². The summed E-state index contributed by atoms with van der Waals surface area (Å²) in [7, 11) is 1.48. The molecule has 8 heteroatoms. The van der Waals surface area contributed by atoms with E-state index in [0.29, 0.717) is 26.2 Å². The molecule has 0 saturated carbocycles. The molecule has 0 bridgehead atoms. The Hall–Kier alpha value is -3.36. The number of carbonyl (C=O) groups excluding carboxylic acids is 3. The summed E-state index contributed by atoms with van der Waals surface area (Å²) < 4.78 is 19.9. The van der Waals surface area contributed by atoms with E-state index in [1.807, 2.05) is 30.3 Å². The Kier molecular flexibility index (Phi) is 8.28. The third kappa shape index (κ3) is 5.55. The first-order valence-corrected chi connectivity index (χ1v) is 12.2. The number of rotatable bonds is 9. The standard InChI is InChI=1S/C28H32FN3O4/c1-36-19-18-32-26(34)21-28(27(32)35,23-11-5-6-12-24(23)29)20-25(33)31-16-14-30(15-17-31)13-7-10-22-8-3-2-4-9-22/h2-12H,13-21H2,1H3. The average molecular weight is 494 g/mol. The van der Waals surface area contributed by atoms with Crippen molar-refractivity contribution in [1.82, 2.24) is 14.7 Å². The number of ether oxygens (including phenoxy) is 1. The van der Waals surface area contributed by atoms with Gasteiger partial charge in [-0.25, -0.2) is 4.39 Å². The van der Waals surface area contributed by atoms with Crippen LogP contribution in [0.3, 0.4) is 0 Å². The molecule has 0 N–H and O–H groups in total. The summed E-state index contributed by atoms with van der Waals surface area (Å²) in [6, 6.07) is 16.0. The van der Waals surface area contributed by atoms with Crippen molar-refractivity contribution in [3.8, 4) is 0 Å². The molecule has 4 rings (SSSR count). The number of carbonyl (C=O) groups is 3. The van der Waals surface area contributed by atoms with Gasteiger partial charge >= 0.3 is 0 Å². The van der Waals surface area contributed by atoms with E-state index in [0.717, 1.165) is 17.0 Å². The molecular formula is C28H32FN3O4. The van der Waals surface area contributed by atoms with Crippen LogP contribution in [0.2, 0.25) is 0 Å². The fourth-order valence-electron chi connectivity index (χ4n) is 4.95. The van der Waals surface area contributed by atoms with Crippen LogP contribution in [0.1, 0.15) is 24.0 Å². The molecule has 36 heavy (non-hydrogen) atoms. The number of likely N-dealkylation sites (tertiary alicyclic amines) is 1. The molecule has 0 aromatic heterocycles. The van der Waals surface area contributed by atoms with Crippen molar-refractivity contribution in [3.63, 3.8) is 0 Å². The maximum Gasteiger partial charge on any atom is 0.241 e. The molecule has 2 aliphatic heterocycles. The molecule has 3 amide bonds. The third-order valence-electron chi connectivity index (χ3n) is 6.97. The molecule has 2 aromatic rings. The molecule has 2 saturated heterocycles. The zero-order chi connectivity index (χ0) is 25.5. The van der Waals surface area contributed by atoms with Gasteiger partial charge in [0, 0.05) is 58.2 Å². The third-order valence-corrected chi connectivity index (χ3v) is 6.97. The van der Waals surface area contributed by atoms with E-state index in [1.54, 1.807) is 11.0 Å². The SMILES string of the molecule is COCCN1C(=O)CC(CC(=O)N2CCN(CC=Cc3ccccc3)CC2)(c2ccccc2F)C1=O. The quantitative estimate of drug-likeness (QED) is 0.503. The Morgan fingerprint density at radius 1 is 1.03 bits per heavy atom. The summed E-state index contributed by atoms with van der Waals surface area (Å²) in [6.07, 6.45) is 3.72. The first-order chi connectivity index (χ1) is 17.4. The lowest BCUT2D eigenvalue weighted by atomic mass is 9.75. The van der Waals surface area contributed by atoms with Gasteiger partial charge < -0.3 is 9.64 Å². The maximum absolute atomic E-state index is 14.9. The van der Waals surface area contributed by atoms with E-state index in [-0.39, 0.29) is 37.5 Å². The highest BCUT2D eigenvalue weighted by Crippen LogP contribution is 2.41. The van der Waals surface area contributed by atoms with Gasteiger partial charge in [-0.15, -0.1) is 0 Å². The average Bonchev–Trinajstić information content (AvgIpc) is 3.13. The minimum atomic E-state index is -1.54. The molecule has 2 aromatic carbocycles. The first kappa shape index (κ1) is 25.7. The smallest absolute Gasteiger partial charge is 0.241 e. The van der Waals surface area contributed by atoms with Crippen molar-refractivity contribution in [3.05, 3.63) is 77.6 Å². The molecule has 2 heterocycles. The molecular weight excluding hydrogens is 461 g/mol. The summed E-state index contributed by atoms with van der Waals surface area (Å²) >= 11 is 0. The van der Waals surface area contributed by atoms with Crippen LogP contribution in [0.4, 0.5) is 4.39 Å². The van der Waals surface area contributed by atoms with Gasteiger partial charge in [0.1, 0.15) is 5.82 Å². The number of hydrogen-bond acceptors (Lipinski definition) is 5. The zero-order valence-corrected chi connectivity index (χ0v) is 20.6. The van der Waals surface area contributed by atoms with E-state index in [2.05, 4.69) is 17.1 Å². The van der Waals surface area contributed by atoms with Crippen molar-refractivity contribution in [2.75, 3.05) is 53.0 Å². The summed E-state index contributed by atoms with van der Waals surface area (Å²) in [5.41, 5.74) is -0.301. The van der Waals surface area contributed by atoms with E-state index in [1.165, 1.54) is 25.3 Å². The number of amides is 3. The second-order valence-corrected chi connectivity index (χ2v) is 9.25. The van der Waals surface area contributed by atoms with Crippen molar-refractivity contribution in [1.29, 1.82) is 0 Å². The van der Waals surface area contributed by atoms with Gasteiger partial charge in [0.05, 0.1) is 18.6 Å². The van der Waals surface area contributed by atoms with Gasteiger partial charge in [0.2, 0.25) is 17.7 Å². The summed E-state index contributed by atoms with van der Waals surface area (Å²) in [5.74, 6) is -1.78. The van der Waals surface area contributed by atoms with Crippen LogP contribution < -0.4 is 0 Å². The normalized spacial score (nSPS) is 21.1. The summed E-state index contributed by atoms with van der Waals surface area (Å²) in [6.45, 7) is 3.46. The number of benzene rings is 2. The van der Waals surface area contributed by atoms with Crippen LogP contribution in [-0.4, -0.2) is 85.4 Å². The minimum Gasteiger partial charge on any atom is -0.383 e. The van der Waals surface area contributed by atoms with E-state index in [9.17, 15) is 18.8 Å². The monoisotopic (exact) mass is 493 g/mol. The predicted octanol–water partition coefficient (Wildman–Crippen LogP) is 2.72. The highest BCUT2D eigenvalue weighted by Gasteiger charge is 2.55. The van der Waals surface area contributed by atoms with Crippen LogP contribution >= 0.6 is 0 Å². The molecule has 0 aliphatic carbocycles. The lowest BCUT2D eigenvalue weighted by molar-refractivity contribution is -0.143. The fourth-order valence-corrected chi connectivity index (χ4v) is 4.95. The Bertz CT molecular complexity index is 1110. The first-order valence-electron chi connectivity index (χ1n) is 12.2. The molecule has 2 aliphatic rings. The van der Waals surface area contributed by atoms with E-state index < -0.39 is 23.0 Å². The van der Waals surface area contributed by atoms with Gasteiger partial charge in [0.25, 0.3) is 0 Å². The Morgan fingerprint density at radius 3 is 2.42 bits per heavy atom. The summed E-state index contributed by atoms with van der Waals surface area (Å²) in [4.78, 5) is 44.7. The molecule has 0 radical (unpaired) electrons. The van der Waals surface area contributed by atoms with E-state index in [4.69, 9.17) is 4.74 Å². The largest absolute Gasteiger partial charge is 0.383 e. The highest BCUT2D eigenvalue weighted by molar-refractivity contribution is 6.10. The molecule has 190 valence electrons. The topological polar surface area (TPSA) is 70.2 Å². The molecule has 1 unspecified atom stereocenters. The number of halogens is 1. The second kappa shape index (κ2) is 11.6. The van der Waals surface area contributed by atoms with Crippen LogP contribution in [-0.2, 0) is 24.5 Å². The molecule has 2 fully saturated rings. The number of imide groups is 1. The maximum atomic E-state index is 14.9. The summed E-state index contributed by atoms with van der Waals surface area (Å²) in [5, 5.41) is 0. The second-order valence-electron chi connectivity index (χ2n) is 9.25. The number of piperazine rings is 1. The zero-order valence-electron chi connectivity index (χ0n) is 20.6. The van der Waals surface area contributed by atoms with Gasteiger partial charge in [-0.3, -0.25) is 24.2 Å². The number of nitrogens with zero attached hydrogens (tertiary/aromatic N) is 3.